The molecule has 2 aromatic heterocycles. The molecule has 0 N–H and O–H groups in total. The normalized spacial score (nSPS) is 23.3. The van der Waals surface area contributed by atoms with E-state index in [9.17, 15) is 8.42 Å². The molecule has 136 valence electrons. The minimum Gasteiger partial charge on any atom is -0.438 e. The molecule has 2 fully saturated rings. The Balaban J connectivity index is 1.55. The van der Waals surface area contributed by atoms with Crippen LogP contribution in [0.15, 0.2) is 26.1 Å². The molecule has 0 radical (unpaired) electrons. The monoisotopic (exact) mass is 365 g/mol. The Morgan fingerprint density at radius 3 is 2.64 bits per heavy atom. The summed E-state index contributed by atoms with van der Waals surface area (Å²) in [6.07, 6.45) is 6.42. The van der Waals surface area contributed by atoms with Crippen molar-refractivity contribution in [3.63, 3.8) is 0 Å². The summed E-state index contributed by atoms with van der Waals surface area (Å²) in [5, 5.41) is 8.08. The van der Waals surface area contributed by atoms with Gasteiger partial charge in [-0.25, -0.2) is 8.42 Å². The first-order valence-corrected chi connectivity index (χ1v) is 10.4. The van der Waals surface area contributed by atoms with Crippen LogP contribution < -0.4 is 0 Å². The van der Waals surface area contributed by atoms with Crippen molar-refractivity contribution in [2.75, 3.05) is 13.1 Å². The van der Waals surface area contributed by atoms with Crippen molar-refractivity contribution in [1.82, 2.24) is 14.5 Å². The Morgan fingerprint density at radius 1 is 1.08 bits per heavy atom. The second-order valence-corrected chi connectivity index (χ2v) is 9.02. The van der Waals surface area contributed by atoms with Crippen molar-refractivity contribution >= 4 is 10.0 Å². The molecule has 3 heterocycles. The summed E-state index contributed by atoms with van der Waals surface area (Å²) in [4.78, 5) is 0. The highest BCUT2D eigenvalue weighted by Crippen LogP contribution is 2.35. The van der Waals surface area contributed by atoms with Gasteiger partial charge in [0.2, 0.25) is 11.0 Å². The highest BCUT2D eigenvalue weighted by atomic mass is 32.2. The summed E-state index contributed by atoms with van der Waals surface area (Å²) in [5.74, 6) is 1.85. The molecule has 1 saturated heterocycles. The third kappa shape index (κ3) is 3.25. The van der Waals surface area contributed by atoms with Crippen LogP contribution in [0, 0.1) is 5.92 Å². The predicted molar refractivity (Wildman–Crippen MR) is 90.4 cm³/mol. The number of piperidine rings is 1. The van der Waals surface area contributed by atoms with Crippen molar-refractivity contribution in [1.29, 1.82) is 0 Å². The number of sulfonamides is 1. The Labute approximate surface area is 147 Å². The lowest BCUT2D eigenvalue weighted by Gasteiger charge is -2.29. The van der Waals surface area contributed by atoms with Crippen LogP contribution >= 0.6 is 0 Å². The van der Waals surface area contributed by atoms with E-state index < -0.39 is 10.0 Å². The number of furan rings is 1. The Bertz CT molecular complexity index is 836. The van der Waals surface area contributed by atoms with Gasteiger partial charge >= 0.3 is 0 Å². The minimum absolute atomic E-state index is 0.0581. The summed E-state index contributed by atoms with van der Waals surface area (Å²) in [7, 11) is -3.61. The quantitative estimate of drug-likeness (QED) is 0.825. The average Bonchev–Trinajstić information content (AvgIpc) is 3.33. The topological polar surface area (TPSA) is 89.4 Å². The van der Waals surface area contributed by atoms with Crippen molar-refractivity contribution < 1.29 is 17.3 Å². The lowest BCUT2D eigenvalue weighted by molar-refractivity contribution is 0.275. The number of rotatable bonds is 4. The maximum absolute atomic E-state index is 12.8. The second-order valence-electron chi connectivity index (χ2n) is 7.16. The molecule has 1 aliphatic carbocycles. The third-order valence-electron chi connectivity index (χ3n) is 5.15. The molecule has 7 nitrogen and oxygen atoms in total. The zero-order valence-electron chi connectivity index (χ0n) is 14.3. The van der Waals surface area contributed by atoms with E-state index >= 15 is 0 Å². The molecule has 8 heteroatoms. The molecule has 1 saturated carbocycles. The fourth-order valence-electron chi connectivity index (χ4n) is 3.74. The molecular formula is C17H23N3O4S. The van der Waals surface area contributed by atoms with Crippen LogP contribution in [0.3, 0.4) is 0 Å². The van der Waals surface area contributed by atoms with Crippen LogP contribution in [0.2, 0.25) is 0 Å². The van der Waals surface area contributed by atoms with Gasteiger partial charge < -0.3 is 8.83 Å². The average molecular weight is 365 g/mol. The molecule has 0 aromatic carbocycles. The maximum Gasteiger partial charge on any atom is 0.283 e. The molecule has 0 amide bonds. The van der Waals surface area contributed by atoms with Gasteiger partial charge in [0, 0.05) is 19.0 Å². The van der Waals surface area contributed by atoms with Crippen LogP contribution in [-0.2, 0) is 10.0 Å². The number of aromatic nitrogens is 2. The van der Waals surface area contributed by atoms with E-state index in [1.807, 2.05) is 0 Å². The summed E-state index contributed by atoms with van der Waals surface area (Å²) < 4.78 is 38.3. The van der Waals surface area contributed by atoms with Gasteiger partial charge in [-0.05, 0) is 43.7 Å². The van der Waals surface area contributed by atoms with Gasteiger partial charge in [0.15, 0.2) is 5.76 Å². The highest BCUT2D eigenvalue weighted by molar-refractivity contribution is 7.89. The lowest BCUT2D eigenvalue weighted by Crippen LogP contribution is -2.38. The van der Waals surface area contributed by atoms with Gasteiger partial charge in [-0.1, -0.05) is 19.8 Å². The maximum atomic E-state index is 12.8. The van der Waals surface area contributed by atoms with Crippen LogP contribution in [0.1, 0.15) is 57.3 Å². The van der Waals surface area contributed by atoms with Gasteiger partial charge in [0.25, 0.3) is 15.9 Å². The van der Waals surface area contributed by atoms with E-state index in [-0.39, 0.29) is 11.0 Å². The van der Waals surface area contributed by atoms with Crippen LogP contribution in [-0.4, -0.2) is 36.0 Å². The fourth-order valence-corrected chi connectivity index (χ4v) is 5.25. The smallest absolute Gasteiger partial charge is 0.283 e. The van der Waals surface area contributed by atoms with Crippen molar-refractivity contribution in [2.45, 2.75) is 56.5 Å². The van der Waals surface area contributed by atoms with Crippen LogP contribution in [0.4, 0.5) is 0 Å². The minimum atomic E-state index is -3.61. The van der Waals surface area contributed by atoms with E-state index in [1.54, 1.807) is 6.07 Å². The predicted octanol–water partition coefficient (Wildman–Crippen LogP) is 3.41. The third-order valence-corrected chi connectivity index (χ3v) is 6.89. The van der Waals surface area contributed by atoms with E-state index in [1.165, 1.54) is 23.2 Å². The van der Waals surface area contributed by atoms with Gasteiger partial charge in [-0.2, -0.15) is 4.31 Å². The van der Waals surface area contributed by atoms with Crippen LogP contribution in [0.5, 0.6) is 0 Å². The van der Waals surface area contributed by atoms with E-state index in [4.69, 9.17) is 8.83 Å². The van der Waals surface area contributed by atoms with Crippen molar-refractivity contribution in [2.24, 2.45) is 5.92 Å². The molecule has 2 aliphatic rings. The van der Waals surface area contributed by atoms with Gasteiger partial charge in [-0.3, -0.25) is 0 Å². The van der Waals surface area contributed by atoms with Gasteiger partial charge in [0.05, 0.1) is 0 Å². The van der Waals surface area contributed by atoms with E-state index in [0.717, 1.165) is 25.7 Å². The summed E-state index contributed by atoms with van der Waals surface area (Å²) >= 11 is 0. The zero-order chi connectivity index (χ0) is 17.4. The second kappa shape index (κ2) is 6.57. The SMILES string of the molecule is C[C@H]1CCCN(S(=O)(=O)c2ccc(-c3nnc(C4CCCC4)o3)o2)C1. The number of hydrogen-bond acceptors (Lipinski definition) is 6. The molecule has 4 rings (SSSR count). The fraction of sp³-hybridized carbons (Fsp3) is 0.647. The zero-order valence-corrected chi connectivity index (χ0v) is 15.2. The Hall–Kier alpha value is -1.67. The molecule has 25 heavy (non-hydrogen) atoms. The van der Waals surface area contributed by atoms with Crippen molar-refractivity contribution in [3.8, 4) is 11.7 Å². The standard InChI is InChI=1S/C17H23N3O4S/c1-12-5-4-10-20(11-12)25(21,22)15-9-8-14(23-15)17-19-18-16(24-17)13-6-2-3-7-13/h8-9,12-13H,2-7,10-11H2,1H3/t12-/m0/s1. The molecule has 1 aliphatic heterocycles. The van der Waals surface area contributed by atoms with Crippen LogP contribution in [0.25, 0.3) is 11.7 Å². The Kier molecular flexibility index (Phi) is 4.41. The lowest BCUT2D eigenvalue weighted by atomic mass is 10.0. The van der Waals surface area contributed by atoms with Crippen molar-refractivity contribution in [3.05, 3.63) is 18.0 Å². The van der Waals surface area contributed by atoms with E-state index in [0.29, 0.717) is 36.6 Å². The molecule has 0 bridgehead atoms. The Morgan fingerprint density at radius 2 is 1.88 bits per heavy atom. The van der Waals surface area contributed by atoms with E-state index in [2.05, 4.69) is 17.1 Å². The first kappa shape index (κ1) is 16.8. The first-order valence-electron chi connectivity index (χ1n) is 8.98. The largest absolute Gasteiger partial charge is 0.438 e. The summed E-state index contributed by atoms with van der Waals surface area (Å²) in [6, 6.07) is 3.07. The molecular weight excluding hydrogens is 342 g/mol. The molecule has 1 atom stereocenters. The van der Waals surface area contributed by atoms with Gasteiger partial charge in [0.1, 0.15) is 0 Å². The molecule has 0 spiro atoms. The highest BCUT2D eigenvalue weighted by Gasteiger charge is 2.32. The number of nitrogens with zero attached hydrogens (tertiary/aromatic N) is 3. The number of hydrogen-bond donors (Lipinski definition) is 0. The molecule has 0 unspecified atom stereocenters. The first-order chi connectivity index (χ1) is 12.0. The van der Waals surface area contributed by atoms with Gasteiger partial charge in [-0.15, -0.1) is 10.2 Å². The molecule has 2 aromatic rings. The summed E-state index contributed by atoms with van der Waals surface area (Å²) in [6.45, 7) is 3.14. The summed E-state index contributed by atoms with van der Waals surface area (Å²) in [5.41, 5.74) is 0.